The van der Waals surface area contributed by atoms with Crippen LogP contribution in [0.5, 0.6) is 0 Å². The predicted molar refractivity (Wildman–Crippen MR) is 166 cm³/mol. The van der Waals surface area contributed by atoms with Crippen molar-refractivity contribution in [2.45, 2.75) is 13.8 Å². The molecule has 4 heteroatoms. The molecule has 5 aromatic carbocycles. The minimum atomic E-state index is 0.783. The first-order valence-electron chi connectivity index (χ1n) is 13.6. The Bertz CT molecular complexity index is 2180. The van der Waals surface area contributed by atoms with Crippen LogP contribution in [-0.2, 0) is 0 Å². The Morgan fingerprint density at radius 2 is 1.00 bits per heavy atom. The highest BCUT2D eigenvalue weighted by atomic mass is 15.0. The molecule has 0 saturated heterocycles. The summed E-state index contributed by atoms with van der Waals surface area (Å²) in [6.45, 7) is 3.99. The van der Waals surface area contributed by atoms with E-state index in [4.69, 9.17) is 4.98 Å². The highest BCUT2D eigenvalue weighted by Gasteiger charge is 2.16. The lowest BCUT2D eigenvalue weighted by molar-refractivity contribution is 1.04. The number of para-hydroxylation sites is 3. The van der Waals surface area contributed by atoms with E-state index in [-0.39, 0.29) is 0 Å². The summed E-state index contributed by atoms with van der Waals surface area (Å²) in [5.41, 5.74) is 10.3. The van der Waals surface area contributed by atoms with Crippen molar-refractivity contribution in [3.63, 3.8) is 0 Å². The molecule has 40 heavy (non-hydrogen) atoms. The molecular weight excluding hydrogens is 488 g/mol. The zero-order valence-electron chi connectivity index (χ0n) is 22.3. The van der Waals surface area contributed by atoms with E-state index in [1.807, 2.05) is 13.1 Å². The lowest BCUT2D eigenvalue weighted by atomic mass is 10.1. The minimum absolute atomic E-state index is 0.783. The van der Waals surface area contributed by atoms with Crippen molar-refractivity contribution in [2.24, 2.45) is 0 Å². The van der Waals surface area contributed by atoms with E-state index in [0.717, 1.165) is 34.0 Å². The van der Waals surface area contributed by atoms with Gasteiger partial charge in [0.2, 0.25) is 0 Å². The Morgan fingerprint density at radius 3 is 1.62 bits per heavy atom. The fourth-order valence-electron chi connectivity index (χ4n) is 6.17. The Hall–Kier alpha value is -5.22. The van der Waals surface area contributed by atoms with Gasteiger partial charge in [-0.25, -0.2) is 9.97 Å². The maximum atomic E-state index is 4.69. The second kappa shape index (κ2) is 8.65. The van der Waals surface area contributed by atoms with E-state index in [2.05, 4.69) is 136 Å². The molecule has 0 aliphatic rings. The van der Waals surface area contributed by atoms with E-state index < -0.39 is 0 Å². The third-order valence-corrected chi connectivity index (χ3v) is 7.99. The highest BCUT2D eigenvalue weighted by molar-refractivity contribution is 6.12. The van der Waals surface area contributed by atoms with Gasteiger partial charge >= 0.3 is 0 Å². The van der Waals surface area contributed by atoms with Gasteiger partial charge in [-0.1, -0.05) is 66.7 Å². The molecule has 8 aromatic rings. The van der Waals surface area contributed by atoms with Crippen molar-refractivity contribution in [3.8, 4) is 22.6 Å². The molecule has 0 saturated carbocycles. The van der Waals surface area contributed by atoms with E-state index in [0.29, 0.717) is 0 Å². The summed E-state index contributed by atoms with van der Waals surface area (Å²) in [6, 6.07) is 41.6. The molecule has 0 aliphatic heterocycles. The molecule has 0 radical (unpaired) electrons. The van der Waals surface area contributed by atoms with Crippen LogP contribution in [0.1, 0.15) is 11.4 Å². The van der Waals surface area contributed by atoms with Crippen LogP contribution in [0.3, 0.4) is 0 Å². The Morgan fingerprint density at radius 1 is 0.500 bits per heavy atom. The zero-order valence-corrected chi connectivity index (χ0v) is 22.3. The number of nitrogens with zero attached hydrogens (tertiary/aromatic N) is 4. The van der Waals surface area contributed by atoms with Gasteiger partial charge in [0.05, 0.1) is 27.8 Å². The van der Waals surface area contributed by atoms with Crippen LogP contribution in [0.15, 0.2) is 121 Å². The molecule has 8 rings (SSSR count). The van der Waals surface area contributed by atoms with Gasteiger partial charge in [-0.3, -0.25) is 0 Å². The van der Waals surface area contributed by atoms with Crippen molar-refractivity contribution in [2.75, 3.05) is 0 Å². The Labute approximate surface area is 231 Å². The van der Waals surface area contributed by atoms with Gasteiger partial charge in [0.25, 0.3) is 0 Å². The molecule has 0 N–H and O–H groups in total. The second-order valence-electron chi connectivity index (χ2n) is 10.4. The van der Waals surface area contributed by atoms with Gasteiger partial charge in [-0.2, -0.15) is 0 Å². The maximum absolute atomic E-state index is 4.69. The minimum Gasteiger partial charge on any atom is -0.309 e. The molecular formula is C36H26N4. The molecule has 190 valence electrons. The summed E-state index contributed by atoms with van der Waals surface area (Å²) in [5, 5.41) is 5.03. The molecule has 3 heterocycles. The van der Waals surface area contributed by atoms with Crippen molar-refractivity contribution in [1.82, 2.24) is 19.1 Å². The van der Waals surface area contributed by atoms with Gasteiger partial charge in [-0.05, 0) is 67.9 Å². The molecule has 0 amide bonds. The smallest absolute Gasteiger partial charge is 0.125 e. The summed E-state index contributed by atoms with van der Waals surface area (Å²) in [5.74, 6) is 0.783. The summed E-state index contributed by atoms with van der Waals surface area (Å²) in [7, 11) is 0. The number of hydrogen-bond acceptors (Lipinski definition) is 2. The highest BCUT2D eigenvalue weighted by Crippen LogP contribution is 2.37. The second-order valence-corrected chi connectivity index (χ2v) is 10.4. The summed E-state index contributed by atoms with van der Waals surface area (Å²) < 4.78 is 4.75. The summed E-state index contributed by atoms with van der Waals surface area (Å²) >= 11 is 0. The first kappa shape index (κ1) is 22.7. The number of rotatable bonds is 3. The van der Waals surface area contributed by atoms with Crippen molar-refractivity contribution >= 4 is 43.6 Å². The van der Waals surface area contributed by atoms with Gasteiger partial charge in [0.1, 0.15) is 5.82 Å². The van der Waals surface area contributed by atoms with Crippen LogP contribution >= 0.6 is 0 Å². The van der Waals surface area contributed by atoms with Gasteiger partial charge < -0.3 is 9.13 Å². The zero-order chi connectivity index (χ0) is 26.8. The monoisotopic (exact) mass is 514 g/mol. The first-order chi connectivity index (χ1) is 19.7. The summed E-state index contributed by atoms with van der Waals surface area (Å²) in [4.78, 5) is 9.03. The molecule has 0 atom stereocenters. The van der Waals surface area contributed by atoms with E-state index in [1.165, 1.54) is 43.6 Å². The van der Waals surface area contributed by atoms with Gasteiger partial charge in [0, 0.05) is 44.7 Å². The van der Waals surface area contributed by atoms with Crippen molar-refractivity contribution < 1.29 is 0 Å². The summed E-state index contributed by atoms with van der Waals surface area (Å²) in [6.07, 6.45) is 1.90. The molecule has 3 aromatic heterocycles. The van der Waals surface area contributed by atoms with Gasteiger partial charge in [0.15, 0.2) is 0 Å². The van der Waals surface area contributed by atoms with Crippen molar-refractivity contribution in [3.05, 3.63) is 133 Å². The van der Waals surface area contributed by atoms with Crippen LogP contribution in [0.2, 0.25) is 0 Å². The lowest BCUT2D eigenvalue weighted by Crippen LogP contribution is -1.97. The largest absolute Gasteiger partial charge is 0.309 e. The molecule has 0 fully saturated rings. The average molecular weight is 515 g/mol. The number of hydrogen-bond donors (Lipinski definition) is 0. The topological polar surface area (TPSA) is 35.6 Å². The Kier molecular flexibility index (Phi) is 4.92. The SMILES string of the molecule is Cc1ncc(C)c(-c2ccc(-n3c4ccccc4c4cc(-n5c6ccccc6c6ccccc65)ccc43)cc2)n1. The van der Waals surface area contributed by atoms with Crippen LogP contribution in [0.25, 0.3) is 66.2 Å². The predicted octanol–water partition coefficient (Wildman–Crippen LogP) is 8.95. The number of benzene rings is 5. The third-order valence-electron chi connectivity index (χ3n) is 7.99. The number of aryl methyl sites for hydroxylation is 2. The standard InChI is InChI=1S/C36H26N4/c1-23-22-37-24(2)38-36(23)25-15-17-26(18-16-25)39-34-14-8-5-11-30(34)31-21-27(19-20-35(31)39)40-32-12-6-3-9-28(32)29-10-4-7-13-33(29)40/h3-22H,1-2H3. The Balaban J connectivity index is 1.34. The molecule has 0 aliphatic carbocycles. The fourth-order valence-corrected chi connectivity index (χ4v) is 6.17. The van der Waals surface area contributed by atoms with Crippen LogP contribution in [0, 0.1) is 13.8 Å². The van der Waals surface area contributed by atoms with E-state index >= 15 is 0 Å². The van der Waals surface area contributed by atoms with Crippen molar-refractivity contribution in [1.29, 1.82) is 0 Å². The fraction of sp³-hybridized carbons (Fsp3) is 0.0556. The molecule has 0 unspecified atom stereocenters. The van der Waals surface area contributed by atoms with E-state index in [9.17, 15) is 0 Å². The number of aromatic nitrogens is 4. The van der Waals surface area contributed by atoms with E-state index in [1.54, 1.807) is 0 Å². The normalized spacial score (nSPS) is 11.8. The third kappa shape index (κ3) is 3.33. The number of fused-ring (bicyclic) bond motifs is 6. The average Bonchev–Trinajstić information content (AvgIpc) is 3.51. The van der Waals surface area contributed by atoms with Crippen LogP contribution in [0.4, 0.5) is 0 Å². The molecule has 0 spiro atoms. The lowest BCUT2D eigenvalue weighted by Gasteiger charge is -2.11. The maximum Gasteiger partial charge on any atom is 0.125 e. The molecule has 4 nitrogen and oxygen atoms in total. The first-order valence-corrected chi connectivity index (χ1v) is 13.6. The van der Waals surface area contributed by atoms with Crippen LogP contribution in [-0.4, -0.2) is 19.1 Å². The quantitative estimate of drug-likeness (QED) is 0.236. The van der Waals surface area contributed by atoms with Crippen LogP contribution < -0.4 is 0 Å². The van der Waals surface area contributed by atoms with Gasteiger partial charge in [-0.15, -0.1) is 0 Å². The molecule has 0 bridgehead atoms.